The smallest absolute Gasteiger partial charge is 0.125 e. The fourth-order valence-electron chi connectivity index (χ4n) is 3.54. The summed E-state index contributed by atoms with van der Waals surface area (Å²) in [6.45, 7) is 2.00. The number of pyridine rings is 1. The van der Waals surface area contributed by atoms with Crippen molar-refractivity contribution in [1.82, 2.24) is 4.98 Å². The monoisotopic (exact) mass is 351 g/mol. The lowest BCUT2D eigenvalue weighted by molar-refractivity contribution is 0.414. The number of benzene rings is 2. The Hall–Kier alpha value is -2.82. The van der Waals surface area contributed by atoms with Gasteiger partial charge in [0.25, 0.3) is 0 Å². The number of aromatic nitrogens is 1. The number of methoxy groups -OCH3 is 1. The second-order valence-corrected chi connectivity index (χ2v) is 6.62. The zero-order valence-electron chi connectivity index (χ0n) is 14.8. The molecule has 2 aromatic carbocycles. The highest BCUT2D eigenvalue weighted by molar-refractivity contribution is 5.91. The molecule has 0 aliphatic carbocycles. The van der Waals surface area contributed by atoms with Gasteiger partial charge in [0.05, 0.1) is 12.6 Å². The van der Waals surface area contributed by atoms with E-state index < -0.39 is 0 Å². The van der Waals surface area contributed by atoms with Gasteiger partial charge in [0, 0.05) is 48.2 Å². The van der Waals surface area contributed by atoms with Crippen molar-refractivity contribution in [3.05, 3.63) is 60.5 Å². The molecule has 4 rings (SSSR count). The Bertz CT molecular complexity index is 889. The van der Waals surface area contributed by atoms with Crippen LogP contribution in [-0.4, -0.2) is 31.2 Å². The summed E-state index contributed by atoms with van der Waals surface area (Å²) in [5, 5.41) is 4.59. The Kier molecular flexibility index (Phi) is 4.61. The molecule has 1 saturated heterocycles. The number of anilines is 2. The van der Waals surface area contributed by atoms with Gasteiger partial charge in [-0.3, -0.25) is 4.98 Å². The molecule has 0 spiro atoms. The maximum Gasteiger partial charge on any atom is 0.125 e. The molecule has 26 heavy (non-hydrogen) atoms. The highest BCUT2D eigenvalue weighted by atomic mass is 19.1. The molecule has 1 aromatic heterocycles. The lowest BCUT2D eigenvalue weighted by atomic mass is 10.0. The molecule has 0 bridgehead atoms. The first-order chi connectivity index (χ1) is 12.7. The molecule has 0 saturated carbocycles. The molecule has 5 heteroatoms. The molecule has 3 aromatic rings. The van der Waals surface area contributed by atoms with Gasteiger partial charge in [0.15, 0.2) is 0 Å². The Morgan fingerprint density at radius 3 is 2.58 bits per heavy atom. The maximum absolute atomic E-state index is 13.4. The normalized spacial score (nSPS) is 15.2. The van der Waals surface area contributed by atoms with Gasteiger partial charge in [-0.25, -0.2) is 4.39 Å². The summed E-state index contributed by atoms with van der Waals surface area (Å²) in [6.07, 6.45) is 3.84. The van der Waals surface area contributed by atoms with Crippen molar-refractivity contribution in [3.63, 3.8) is 0 Å². The largest absolute Gasteiger partial charge is 0.497 e. The summed E-state index contributed by atoms with van der Waals surface area (Å²) >= 11 is 0. The summed E-state index contributed by atoms with van der Waals surface area (Å²) in [6, 6.07) is 15.4. The fourth-order valence-corrected chi connectivity index (χ4v) is 3.54. The number of nitrogens with zero attached hydrogens (tertiary/aromatic N) is 2. The summed E-state index contributed by atoms with van der Waals surface area (Å²) in [5.74, 6) is 0.626. The van der Waals surface area contributed by atoms with E-state index in [1.54, 1.807) is 19.4 Å². The molecule has 0 radical (unpaired) electrons. The number of nitrogens with one attached hydrogen (secondary N) is 1. The van der Waals surface area contributed by atoms with Crippen LogP contribution in [0.2, 0.25) is 0 Å². The van der Waals surface area contributed by atoms with Crippen molar-refractivity contribution < 1.29 is 9.13 Å². The van der Waals surface area contributed by atoms with Gasteiger partial charge in [-0.15, -0.1) is 0 Å². The Morgan fingerprint density at radius 2 is 1.85 bits per heavy atom. The highest BCUT2D eigenvalue weighted by Gasteiger charge is 2.20. The minimum absolute atomic E-state index is 0.255. The molecule has 2 heterocycles. The SMILES string of the molecule is COc1ccc(N2CCC(Nc3ccnc4cc(F)ccc34)CC2)cc1. The van der Waals surface area contributed by atoms with Crippen LogP contribution in [0.5, 0.6) is 5.75 Å². The van der Waals surface area contributed by atoms with Gasteiger partial charge in [-0.2, -0.15) is 0 Å². The van der Waals surface area contributed by atoms with Crippen molar-refractivity contribution >= 4 is 22.3 Å². The molecule has 1 fully saturated rings. The second kappa shape index (κ2) is 7.20. The lowest BCUT2D eigenvalue weighted by Crippen LogP contribution is -2.39. The lowest BCUT2D eigenvalue weighted by Gasteiger charge is -2.34. The van der Waals surface area contributed by atoms with Gasteiger partial charge in [-0.1, -0.05) is 0 Å². The molecular weight excluding hydrogens is 329 g/mol. The third-order valence-corrected chi connectivity index (χ3v) is 5.00. The van der Waals surface area contributed by atoms with Crippen LogP contribution >= 0.6 is 0 Å². The average Bonchev–Trinajstić information content (AvgIpc) is 2.69. The van der Waals surface area contributed by atoms with Gasteiger partial charge >= 0.3 is 0 Å². The number of ether oxygens (including phenoxy) is 1. The van der Waals surface area contributed by atoms with Crippen molar-refractivity contribution in [2.24, 2.45) is 0 Å². The minimum atomic E-state index is -0.255. The van der Waals surface area contributed by atoms with Gasteiger partial charge in [-0.05, 0) is 55.3 Å². The van der Waals surface area contributed by atoms with E-state index in [-0.39, 0.29) is 5.82 Å². The fraction of sp³-hybridized carbons (Fsp3) is 0.286. The summed E-state index contributed by atoms with van der Waals surface area (Å²) in [4.78, 5) is 6.66. The summed E-state index contributed by atoms with van der Waals surface area (Å²) < 4.78 is 18.6. The van der Waals surface area contributed by atoms with Crippen LogP contribution in [0.25, 0.3) is 10.9 Å². The molecule has 1 aliphatic heterocycles. The molecular formula is C21H22FN3O. The topological polar surface area (TPSA) is 37.4 Å². The molecule has 1 N–H and O–H groups in total. The van der Waals surface area contributed by atoms with Crippen LogP contribution in [0.3, 0.4) is 0 Å². The molecule has 1 aliphatic rings. The first-order valence-electron chi connectivity index (χ1n) is 8.93. The number of halogens is 1. The zero-order chi connectivity index (χ0) is 17.9. The van der Waals surface area contributed by atoms with E-state index in [1.165, 1.54) is 17.8 Å². The maximum atomic E-state index is 13.4. The number of hydrogen-bond donors (Lipinski definition) is 1. The van der Waals surface area contributed by atoms with E-state index >= 15 is 0 Å². The van der Waals surface area contributed by atoms with E-state index in [4.69, 9.17) is 4.74 Å². The van der Waals surface area contributed by atoms with Crippen molar-refractivity contribution in [3.8, 4) is 5.75 Å². The van der Waals surface area contributed by atoms with Crippen LogP contribution in [0, 0.1) is 5.82 Å². The molecule has 4 nitrogen and oxygen atoms in total. The van der Waals surface area contributed by atoms with E-state index in [1.807, 2.05) is 18.2 Å². The standard InChI is InChI=1S/C21H22FN3O/c1-26-18-5-3-17(4-6-18)25-12-9-16(10-13-25)24-20-8-11-23-21-14-15(22)2-7-19(20)21/h2-8,11,14,16H,9-10,12-13H2,1H3,(H,23,24). The molecule has 0 amide bonds. The van der Waals surface area contributed by atoms with Gasteiger partial charge in [0.1, 0.15) is 11.6 Å². The van der Waals surface area contributed by atoms with Crippen LogP contribution in [-0.2, 0) is 0 Å². The third kappa shape index (κ3) is 3.43. The first kappa shape index (κ1) is 16.6. The van der Waals surface area contributed by atoms with Crippen LogP contribution in [0.1, 0.15) is 12.8 Å². The van der Waals surface area contributed by atoms with Crippen LogP contribution < -0.4 is 15.0 Å². The van der Waals surface area contributed by atoms with Crippen molar-refractivity contribution in [2.45, 2.75) is 18.9 Å². The zero-order valence-corrected chi connectivity index (χ0v) is 14.8. The summed E-state index contributed by atoms with van der Waals surface area (Å²) in [7, 11) is 1.68. The Morgan fingerprint density at radius 1 is 1.08 bits per heavy atom. The van der Waals surface area contributed by atoms with E-state index in [0.29, 0.717) is 11.6 Å². The van der Waals surface area contributed by atoms with Crippen LogP contribution in [0.4, 0.5) is 15.8 Å². The molecule has 134 valence electrons. The van der Waals surface area contributed by atoms with Crippen molar-refractivity contribution in [1.29, 1.82) is 0 Å². The average molecular weight is 351 g/mol. The Labute approximate surface area is 152 Å². The first-order valence-corrected chi connectivity index (χ1v) is 8.93. The third-order valence-electron chi connectivity index (χ3n) is 5.00. The predicted molar refractivity (Wildman–Crippen MR) is 104 cm³/mol. The second-order valence-electron chi connectivity index (χ2n) is 6.62. The minimum Gasteiger partial charge on any atom is -0.497 e. The van der Waals surface area contributed by atoms with E-state index in [2.05, 4.69) is 27.3 Å². The summed E-state index contributed by atoms with van der Waals surface area (Å²) in [5.41, 5.74) is 2.94. The number of hydrogen-bond acceptors (Lipinski definition) is 4. The van der Waals surface area contributed by atoms with Crippen molar-refractivity contribution in [2.75, 3.05) is 30.4 Å². The molecule has 0 unspecified atom stereocenters. The van der Waals surface area contributed by atoms with E-state index in [9.17, 15) is 4.39 Å². The van der Waals surface area contributed by atoms with Crippen LogP contribution in [0.15, 0.2) is 54.7 Å². The number of fused-ring (bicyclic) bond motifs is 1. The number of piperidine rings is 1. The number of rotatable bonds is 4. The van der Waals surface area contributed by atoms with Gasteiger partial charge < -0.3 is 15.0 Å². The van der Waals surface area contributed by atoms with Gasteiger partial charge in [0.2, 0.25) is 0 Å². The Balaban J connectivity index is 1.42. The molecule has 0 atom stereocenters. The van der Waals surface area contributed by atoms with E-state index in [0.717, 1.165) is 42.8 Å². The highest BCUT2D eigenvalue weighted by Crippen LogP contribution is 2.27. The quantitative estimate of drug-likeness (QED) is 0.753. The predicted octanol–water partition coefficient (Wildman–Crippen LogP) is 4.46.